The van der Waals surface area contributed by atoms with E-state index in [1.807, 2.05) is 0 Å². The van der Waals surface area contributed by atoms with Gasteiger partial charge in [-0.2, -0.15) is 13.9 Å². The van der Waals surface area contributed by atoms with Gasteiger partial charge in [0.05, 0.1) is 46.4 Å². The Kier molecular flexibility index (Phi) is 8.43. The van der Waals surface area contributed by atoms with Gasteiger partial charge in [-0.25, -0.2) is 13.9 Å². The molecule has 2 aromatic carbocycles. The lowest BCUT2D eigenvalue weighted by atomic mass is 10.0. The summed E-state index contributed by atoms with van der Waals surface area (Å²) in [6.07, 6.45) is 5.74. The molecule has 5 rings (SSSR count). The van der Waals surface area contributed by atoms with Crippen LogP contribution in [0.1, 0.15) is 28.5 Å². The Morgan fingerprint density at radius 2 is 1.76 bits per heavy atom. The van der Waals surface area contributed by atoms with Gasteiger partial charge in [0.25, 0.3) is 5.69 Å². The van der Waals surface area contributed by atoms with Crippen molar-refractivity contribution >= 4 is 29.2 Å². The summed E-state index contributed by atoms with van der Waals surface area (Å²) in [5.74, 6) is -1.84. The Balaban J connectivity index is 1.53. The number of aromatic carboxylic acids is 1. The number of carbonyl (C=O) groups is 1. The van der Waals surface area contributed by atoms with E-state index >= 15 is 4.39 Å². The highest BCUT2D eigenvalue weighted by Crippen LogP contribution is 2.34. The number of rotatable bonds is 10. The van der Waals surface area contributed by atoms with Crippen molar-refractivity contribution in [1.29, 1.82) is 0 Å². The summed E-state index contributed by atoms with van der Waals surface area (Å²) >= 11 is 12.0. The lowest BCUT2D eigenvalue weighted by Crippen LogP contribution is -2.38. The monoisotopic (exact) mass is 619 g/mol. The SMILES string of the molecule is O=C(O)c1ccc(-c2cnn([C@@H](CCOC(F)F)c3ccc(-c4c(-n5cc(Cl)nn5)ccc(Cl)c4F)c[n+]3O)c2)cc1. The highest BCUT2D eigenvalue weighted by molar-refractivity contribution is 6.31. The van der Waals surface area contributed by atoms with Crippen molar-refractivity contribution in [2.75, 3.05) is 6.61 Å². The molecule has 0 radical (unpaired) electrons. The van der Waals surface area contributed by atoms with E-state index in [-0.39, 0.29) is 51.3 Å². The predicted molar refractivity (Wildman–Crippen MR) is 143 cm³/mol. The molecule has 3 aromatic heterocycles. The van der Waals surface area contributed by atoms with Gasteiger partial charge in [0.1, 0.15) is 6.04 Å². The number of ether oxygens (including phenoxy) is 1. The van der Waals surface area contributed by atoms with Gasteiger partial charge in [0.2, 0.25) is 6.20 Å². The summed E-state index contributed by atoms with van der Waals surface area (Å²) in [7, 11) is 0. The highest BCUT2D eigenvalue weighted by atomic mass is 35.5. The largest absolute Gasteiger partial charge is 0.478 e. The number of pyridine rings is 1. The molecule has 2 N–H and O–H groups in total. The lowest BCUT2D eigenvalue weighted by molar-refractivity contribution is -0.910. The third-order valence-electron chi connectivity index (χ3n) is 6.40. The number of carboxylic acids is 1. The lowest BCUT2D eigenvalue weighted by Gasteiger charge is -2.15. The van der Waals surface area contributed by atoms with Crippen LogP contribution in [0.15, 0.2) is 73.3 Å². The zero-order chi connectivity index (χ0) is 30.0. The zero-order valence-corrected chi connectivity index (χ0v) is 22.8. The van der Waals surface area contributed by atoms with Crippen LogP contribution in [0.25, 0.3) is 27.9 Å². The van der Waals surface area contributed by atoms with E-state index in [0.717, 1.165) is 4.73 Å². The Morgan fingerprint density at radius 1 is 1.02 bits per heavy atom. The standard InChI is InChI=1S/C27H19Cl2F3N6O4/c28-19-6-8-22(37-14-23(29)34-35-37)24(25(19)30)17-5-7-21(38(41)13-17)20(9-10-42-27(31)32)36-12-18(11-33-36)15-1-3-16(4-2-15)26(39)40/h1-8,11-14,20,27H,9-10H2,(H-,39,40,41)/p+1/t20-/m0/s1. The van der Waals surface area contributed by atoms with Crippen LogP contribution in [0.2, 0.25) is 10.2 Å². The number of hydrogen-bond donors (Lipinski definition) is 2. The molecule has 216 valence electrons. The molecule has 1 atom stereocenters. The van der Waals surface area contributed by atoms with Crippen LogP contribution in [0.4, 0.5) is 13.2 Å². The first kappa shape index (κ1) is 29.0. The zero-order valence-electron chi connectivity index (χ0n) is 21.3. The molecule has 10 nitrogen and oxygen atoms in total. The Labute approximate surface area is 245 Å². The van der Waals surface area contributed by atoms with Crippen molar-refractivity contribution < 1.29 is 37.7 Å². The maximum absolute atomic E-state index is 15.3. The Morgan fingerprint density at radius 3 is 2.40 bits per heavy atom. The molecule has 15 heteroatoms. The second kappa shape index (κ2) is 12.2. The second-order valence-electron chi connectivity index (χ2n) is 8.96. The van der Waals surface area contributed by atoms with Crippen molar-refractivity contribution in [1.82, 2.24) is 24.8 Å². The molecule has 3 heterocycles. The minimum Gasteiger partial charge on any atom is -0.478 e. The second-order valence-corrected chi connectivity index (χ2v) is 9.75. The normalized spacial score (nSPS) is 12.1. The molecule has 5 aromatic rings. The quantitative estimate of drug-likeness (QED) is 0.152. The van der Waals surface area contributed by atoms with Gasteiger partial charge >= 0.3 is 12.6 Å². The first-order valence-electron chi connectivity index (χ1n) is 12.2. The molecule has 0 amide bonds. The molecule has 0 aliphatic carbocycles. The van der Waals surface area contributed by atoms with Gasteiger partial charge in [-0.3, -0.25) is 9.89 Å². The summed E-state index contributed by atoms with van der Waals surface area (Å²) in [6.45, 7) is -3.36. The van der Waals surface area contributed by atoms with E-state index in [1.54, 1.807) is 18.3 Å². The van der Waals surface area contributed by atoms with Crippen molar-refractivity contribution in [3.63, 3.8) is 0 Å². The maximum atomic E-state index is 15.3. The molecule has 42 heavy (non-hydrogen) atoms. The average molecular weight is 620 g/mol. The molecule has 0 aliphatic heterocycles. The summed E-state index contributed by atoms with van der Waals surface area (Å²) < 4.78 is 48.8. The minimum atomic E-state index is -3.00. The number of aromatic nitrogens is 6. The van der Waals surface area contributed by atoms with Crippen LogP contribution in [-0.4, -0.2) is 54.3 Å². The Bertz CT molecular complexity index is 1750. The molecule has 0 unspecified atom stereocenters. The minimum absolute atomic E-state index is 0.00202. The molecule has 0 fully saturated rings. The van der Waals surface area contributed by atoms with Crippen LogP contribution in [0, 0.1) is 5.82 Å². The topological polar surface area (TPSA) is 119 Å². The van der Waals surface area contributed by atoms with Crippen LogP contribution in [0.5, 0.6) is 0 Å². The van der Waals surface area contributed by atoms with Crippen molar-refractivity contribution in [2.24, 2.45) is 0 Å². The van der Waals surface area contributed by atoms with E-state index in [4.69, 9.17) is 28.3 Å². The number of carboxylic acid groups (broad SMARTS) is 1. The van der Waals surface area contributed by atoms with Gasteiger partial charge in [-0.15, -0.1) is 5.10 Å². The molecular formula is C27H20Cl2F3N6O4+. The summed E-state index contributed by atoms with van der Waals surface area (Å²) in [5.41, 5.74) is 2.08. The fourth-order valence-corrected chi connectivity index (χ4v) is 4.71. The molecule has 0 bridgehead atoms. The third kappa shape index (κ3) is 6.08. The van der Waals surface area contributed by atoms with Gasteiger partial charge in [0, 0.05) is 29.0 Å². The summed E-state index contributed by atoms with van der Waals surface area (Å²) in [6, 6.07) is 11.2. The van der Waals surface area contributed by atoms with E-state index in [0.29, 0.717) is 11.1 Å². The first-order valence-corrected chi connectivity index (χ1v) is 13.0. The smallest absolute Gasteiger partial charge is 0.345 e. The highest BCUT2D eigenvalue weighted by Gasteiger charge is 2.28. The van der Waals surface area contributed by atoms with Crippen LogP contribution >= 0.6 is 23.2 Å². The number of alkyl halides is 2. The third-order valence-corrected chi connectivity index (χ3v) is 6.86. The van der Waals surface area contributed by atoms with E-state index in [1.165, 1.54) is 64.4 Å². The van der Waals surface area contributed by atoms with Crippen LogP contribution < -0.4 is 4.73 Å². The molecular weight excluding hydrogens is 600 g/mol. The predicted octanol–water partition coefficient (Wildman–Crippen LogP) is 5.69. The van der Waals surface area contributed by atoms with E-state index in [2.05, 4.69) is 20.1 Å². The number of nitrogens with zero attached hydrogens (tertiary/aromatic N) is 6. The molecule has 0 aliphatic rings. The Hall–Kier alpha value is -4.46. The summed E-state index contributed by atoms with van der Waals surface area (Å²) in [4.78, 5) is 11.2. The van der Waals surface area contributed by atoms with Crippen molar-refractivity contribution in [3.8, 4) is 27.9 Å². The van der Waals surface area contributed by atoms with Crippen molar-refractivity contribution in [2.45, 2.75) is 19.1 Å². The van der Waals surface area contributed by atoms with Gasteiger partial charge < -0.3 is 9.84 Å². The molecule has 0 saturated carbocycles. The fraction of sp³-hybridized carbons (Fsp3) is 0.148. The molecule has 0 spiro atoms. The van der Waals surface area contributed by atoms with Gasteiger partial charge in [0.15, 0.2) is 11.0 Å². The average Bonchev–Trinajstić information content (AvgIpc) is 3.62. The van der Waals surface area contributed by atoms with E-state index < -0.39 is 24.4 Å². The van der Waals surface area contributed by atoms with Gasteiger partial charge in [-0.1, -0.05) is 40.5 Å². The molecule has 0 saturated heterocycles. The fourth-order valence-electron chi connectivity index (χ4n) is 4.43. The maximum Gasteiger partial charge on any atom is 0.345 e. The number of halogens is 5. The first-order chi connectivity index (χ1) is 20.1. The van der Waals surface area contributed by atoms with Crippen molar-refractivity contribution in [3.05, 3.63) is 101 Å². The van der Waals surface area contributed by atoms with Crippen LogP contribution in [-0.2, 0) is 4.74 Å². The number of hydrogen-bond acceptors (Lipinski definition) is 6. The van der Waals surface area contributed by atoms with Crippen LogP contribution in [0.3, 0.4) is 0 Å². The summed E-state index contributed by atoms with van der Waals surface area (Å²) in [5, 5.41) is 32.0. The number of benzene rings is 2. The van der Waals surface area contributed by atoms with E-state index in [9.17, 15) is 18.8 Å². The van der Waals surface area contributed by atoms with Gasteiger partial charge in [-0.05, 0) is 35.9 Å².